The van der Waals surface area contributed by atoms with E-state index >= 15 is 0 Å². The number of aryl methyl sites for hydroxylation is 1. The van der Waals surface area contributed by atoms with Gasteiger partial charge in [-0.15, -0.1) is 0 Å². The van der Waals surface area contributed by atoms with Crippen molar-refractivity contribution in [2.24, 2.45) is 23.4 Å². The minimum atomic E-state index is -0.856. The van der Waals surface area contributed by atoms with E-state index < -0.39 is 5.41 Å². The molecule has 7 heteroatoms. The summed E-state index contributed by atoms with van der Waals surface area (Å²) in [5.41, 5.74) is 6.86. The van der Waals surface area contributed by atoms with Crippen LogP contribution in [0.4, 0.5) is 0 Å². The van der Waals surface area contributed by atoms with Crippen LogP contribution in [0, 0.1) is 12.3 Å². The first-order chi connectivity index (χ1) is 9.51. The quantitative estimate of drug-likeness (QED) is 0.325. The first-order valence-corrected chi connectivity index (χ1v) is 6.75. The fourth-order valence-electron chi connectivity index (χ4n) is 2.74. The molecule has 20 heavy (non-hydrogen) atoms. The highest BCUT2D eigenvalue weighted by Crippen LogP contribution is 2.38. The van der Waals surface area contributed by atoms with Gasteiger partial charge < -0.3 is 16.3 Å². The summed E-state index contributed by atoms with van der Waals surface area (Å²) in [5, 5.41) is 19.0. The van der Waals surface area contributed by atoms with Crippen LogP contribution in [0.15, 0.2) is 11.4 Å². The number of nitrogens with zero attached hydrogens (tertiary/aromatic N) is 3. The van der Waals surface area contributed by atoms with Crippen LogP contribution in [-0.4, -0.2) is 26.7 Å². The molecule has 1 fully saturated rings. The van der Waals surface area contributed by atoms with Gasteiger partial charge in [0.2, 0.25) is 5.91 Å². The number of amides is 1. The number of hydrogen-bond donors (Lipinski definition) is 3. The molecule has 0 unspecified atom stereocenters. The van der Waals surface area contributed by atoms with E-state index in [-0.39, 0.29) is 11.7 Å². The standard InChI is InChI=1S/C13H21N5O2/c1-9-10(8-16-18(9)2)7-15-12(19)13(11(14)17-20)5-3-4-6-13/h8,20H,3-7H2,1-2H3,(H2,14,17)(H,15,19). The zero-order valence-electron chi connectivity index (χ0n) is 11.9. The monoisotopic (exact) mass is 279 g/mol. The summed E-state index contributed by atoms with van der Waals surface area (Å²) in [4.78, 5) is 12.4. The number of nitrogens with two attached hydrogens (primary N) is 1. The smallest absolute Gasteiger partial charge is 0.234 e. The van der Waals surface area contributed by atoms with Gasteiger partial charge in [0.05, 0.1) is 6.20 Å². The second-order valence-electron chi connectivity index (χ2n) is 5.34. The van der Waals surface area contributed by atoms with Crippen molar-refractivity contribution in [1.29, 1.82) is 0 Å². The topological polar surface area (TPSA) is 106 Å². The molecule has 1 heterocycles. The average molecular weight is 279 g/mol. The normalized spacial score (nSPS) is 18.2. The van der Waals surface area contributed by atoms with Gasteiger partial charge in [-0.1, -0.05) is 18.0 Å². The lowest BCUT2D eigenvalue weighted by Crippen LogP contribution is -2.48. The van der Waals surface area contributed by atoms with Crippen molar-refractivity contribution in [3.05, 3.63) is 17.5 Å². The first kappa shape index (κ1) is 14.4. The highest BCUT2D eigenvalue weighted by Gasteiger charge is 2.45. The molecule has 0 spiro atoms. The predicted molar refractivity (Wildman–Crippen MR) is 74.1 cm³/mol. The van der Waals surface area contributed by atoms with E-state index in [1.807, 2.05) is 14.0 Å². The van der Waals surface area contributed by atoms with Crippen LogP contribution in [0.1, 0.15) is 36.9 Å². The third-order valence-electron chi connectivity index (χ3n) is 4.27. The highest BCUT2D eigenvalue weighted by atomic mass is 16.4. The van der Waals surface area contributed by atoms with E-state index in [4.69, 9.17) is 10.9 Å². The zero-order chi connectivity index (χ0) is 14.8. The summed E-state index contributed by atoms with van der Waals surface area (Å²) in [6.45, 7) is 2.35. The molecule has 1 aliphatic rings. The third kappa shape index (κ3) is 2.35. The number of rotatable bonds is 4. The van der Waals surface area contributed by atoms with Crippen molar-refractivity contribution in [2.75, 3.05) is 0 Å². The Kier molecular flexibility index (Phi) is 3.96. The third-order valence-corrected chi connectivity index (χ3v) is 4.27. The molecule has 4 N–H and O–H groups in total. The summed E-state index contributed by atoms with van der Waals surface area (Å²) in [6, 6.07) is 0. The fraction of sp³-hybridized carbons (Fsp3) is 0.615. The van der Waals surface area contributed by atoms with Gasteiger partial charge in [-0.2, -0.15) is 5.10 Å². The molecule has 1 aliphatic carbocycles. The van der Waals surface area contributed by atoms with Gasteiger partial charge in [0.15, 0.2) is 5.84 Å². The van der Waals surface area contributed by atoms with Crippen LogP contribution in [-0.2, 0) is 18.4 Å². The van der Waals surface area contributed by atoms with E-state index in [0.29, 0.717) is 19.4 Å². The number of amidine groups is 1. The van der Waals surface area contributed by atoms with Crippen LogP contribution >= 0.6 is 0 Å². The zero-order valence-corrected chi connectivity index (χ0v) is 11.9. The largest absolute Gasteiger partial charge is 0.409 e. The summed E-state index contributed by atoms with van der Waals surface area (Å²) >= 11 is 0. The Balaban J connectivity index is 2.09. The van der Waals surface area contributed by atoms with Crippen LogP contribution in [0.2, 0.25) is 0 Å². The number of hydrogen-bond acceptors (Lipinski definition) is 4. The van der Waals surface area contributed by atoms with Gasteiger partial charge in [-0.3, -0.25) is 9.48 Å². The van der Waals surface area contributed by atoms with E-state index in [0.717, 1.165) is 24.1 Å². The molecule has 0 aromatic carbocycles. The van der Waals surface area contributed by atoms with Crippen LogP contribution in [0.5, 0.6) is 0 Å². The van der Waals surface area contributed by atoms with E-state index in [1.165, 1.54) is 0 Å². The minimum Gasteiger partial charge on any atom is -0.409 e. The Morgan fingerprint density at radius 2 is 2.25 bits per heavy atom. The minimum absolute atomic E-state index is 0.00964. The average Bonchev–Trinajstić information content (AvgIpc) is 3.06. The molecule has 110 valence electrons. The Morgan fingerprint density at radius 1 is 1.60 bits per heavy atom. The summed E-state index contributed by atoms with van der Waals surface area (Å²) in [5.74, 6) is -0.163. The van der Waals surface area contributed by atoms with E-state index in [1.54, 1.807) is 10.9 Å². The van der Waals surface area contributed by atoms with Crippen LogP contribution in [0.3, 0.4) is 0 Å². The lowest BCUT2D eigenvalue weighted by Gasteiger charge is -2.25. The summed E-state index contributed by atoms with van der Waals surface area (Å²) in [6.07, 6.45) is 4.81. The van der Waals surface area contributed by atoms with Gasteiger partial charge in [0.1, 0.15) is 5.41 Å². The number of oxime groups is 1. The van der Waals surface area contributed by atoms with Gasteiger partial charge in [-0.25, -0.2) is 0 Å². The van der Waals surface area contributed by atoms with Gasteiger partial charge in [0.25, 0.3) is 0 Å². The molecule has 1 aromatic heterocycles. The van der Waals surface area contributed by atoms with Crippen molar-refractivity contribution in [3.8, 4) is 0 Å². The van der Waals surface area contributed by atoms with E-state index in [2.05, 4.69) is 15.6 Å². The highest BCUT2D eigenvalue weighted by molar-refractivity contribution is 6.07. The Bertz CT molecular complexity index is 529. The Hall–Kier alpha value is -2.05. The van der Waals surface area contributed by atoms with E-state index in [9.17, 15) is 4.79 Å². The number of nitrogens with one attached hydrogen (secondary N) is 1. The molecule has 0 bridgehead atoms. The second kappa shape index (κ2) is 5.52. The lowest BCUT2D eigenvalue weighted by atomic mass is 9.83. The van der Waals surface area contributed by atoms with Gasteiger partial charge in [0, 0.05) is 24.8 Å². The predicted octanol–water partition coefficient (Wildman–Crippen LogP) is 0.652. The SMILES string of the molecule is Cc1c(CNC(=O)C2(C(N)=NO)CCCC2)cnn1C. The maximum atomic E-state index is 12.4. The first-order valence-electron chi connectivity index (χ1n) is 6.75. The number of carbonyl (C=O) groups excluding carboxylic acids is 1. The van der Waals surface area contributed by atoms with Crippen LogP contribution in [0.25, 0.3) is 0 Å². The molecule has 0 saturated heterocycles. The van der Waals surface area contributed by atoms with Gasteiger partial charge in [-0.05, 0) is 19.8 Å². The molecule has 0 radical (unpaired) electrons. The fourth-order valence-corrected chi connectivity index (χ4v) is 2.74. The molecule has 1 amide bonds. The van der Waals surface area contributed by atoms with Crippen LogP contribution < -0.4 is 11.1 Å². The molecule has 1 saturated carbocycles. The molecule has 0 aliphatic heterocycles. The Morgan fingerprint density at radius 3 is 2.75 bits per heavy atom. The summed E-state index contributed by atoms with van der Waals surface area (Å²) < 4.78 is 1.76. The number of carbonyl (C=O) groups is 1. The number of aromatic nitrogens is 2. The second-order valence-corrected chi connectivity index (χ2v) is 5.34. The van der Waals surface area contributed by atoms with Gasteiger partial charge >= 0.3 is 0 Å². The van der Waals surface area contributed by atoms with Crippen molar-refractivity contribution < 1.29 is 10.0 Å². The van der Waals surface area contributed by atoms with Crippen molar-refractivity contribution >= 4 is 11.7 Å². The maximum Gasteiger partial charge on any atom is 0.234 e. The maximum absolute atomic E-state index is 12.4. The molecular weight excluding hydrogens is 258 g/mol. The molecule has 7 nitrogen and oxygen atoms in total. The molecule has 0 atom stereocenters. The molecule has 1 aromatic rings. The van der Waals surface area contributed by atoms with Crippen molar-refractivity contribution in [3.63, 3.8) is 0 Å². The summed E-state index contributed by atoms with van der Waals surface area (Å²) in [7, 11) is 1.86. The van der Waals surface area contributed by atoms with Crippen molar-refractivity contribution in [2.45, 2.75) is 39.2 Å². The molecule has 2 rings (SSSR count). The van der Waals surface area contributed by atoms with Crippen molar-refractivity contribution in [1.82, 2.24) is 15.1 Å². The molecular formula is C13H21N5O2. The lowest BCUT2D eigenvalue weighted by molar-refractivity contribution is -0.127. The Labute approximate surface area is 117 Å².